The van der Waals surface area contributed by atoms with Gasteiger partial charge < -0.3 is 25.1 Å². The number of aromatic nitrogens is 2. The number of nitrogens with zero attached hydrogens (tertiary/aromatic N) is 2. The van der Waals surface area contributed by atoms with Crippen molar-refractivity contribution in [3.05, 3.63) is 88.2 Å². The van der Waals surface area contributed by atoms with Crippen LogP contribution in [0.1, 0.15) is 16.8 Å². The largest absolute Gasteiger partial charge is 0.363 e. The maximum absolute atomic E-state index is 11.6. The van der Waals surface area contributed by atoms with Gasteiger partial charge in [0.2, 0.25) is 5.56 Å². The number of fused-ring (bicyclic) bond motifs is 1. The Morgan fingerprint density at radius 3 is 2.59 bits per heavy atom. The number of rotatable bonds is 5. The van der Waals surface area contributed by atoms with Crippen molar-refractivity contribution in [1.29, 1.82) is 0 Å². The first kappa shape index (κ1) is 17.2. The first-order valence-corrected chi connectivity index (χ1v) is 8.93. The summed E-state index contributed by atoms with van der Waals surface area (Å²) in [4.78, 5) is 21.9. The van der Waals surface area contributed by atoms with Crippen LogP contribution in [0.3, 0.4) is 0 Å². The third-order valence-corrected chi connectivity index (χ3v) is 4.56. The van der Waals surface area contributed by atoms with Crippen LogP contribution >= 0.6 is 0 Å². The normalized spacial score (nSPS) is 13.4. The fourth-order valence-electron chi connectivity index (χ4n) is 3.33. The predicted molar refractivity (Wildman–Crippen MR) is 109 cm³/mol. The van der Waals surface area contributed by atoms with E-state index in [1.807, 2.05) is 12.3 Å². The summed E-state index contributed by atoms with van der Waals surface area (Å²) in [6.07, 6.45) is 5.69. The fraction of sp³-hybridized carbons (Fsp3) is 0.190. The molecular weight excluding hydrogens is 338 g/mol. The summed E-state index contributed by atoms with van der Waals surface area (Å²) in [6.45, 7) is 1.70. The number of benzene rings is 1. The van der Waals surface area contributed by atoms with Gasteiger partial charge in [0.1, 0.15) is 0 Å². The van der Waals surface area contributed by atoms with E-state index in [-0.39, 0.29) is 5.56 Å². The second kappa shape index (κ2) is 7.17. The van der Waals surface area contributed by atoms with Gasteiger partial charge in [0.15, 0.2) is 0 Å². The van der Waals surface area contributed by atoms with Crippen molar-refractivity contribution in [3.63, 3.8) is 0 Å². The summed E-state index contributed by atoms with van der Waals surface area (Å²) in [5.41, 5.74) is 6.27. The number of pyridine rings is 1. The van der Waals surface area contributed by atoms with Gasteiger partial charge in [0, 0.05) is 53.8 Å². The Morgan fingerprint density at radius 1 is 1.07 bits per heavy atom. The average molecular weight is 361 g/mol. The molecule has 0 fully saturated rings. The number of aromatic amines is 2. The molecule has 6 heteroatoms. The van der Waals surface area contributed by atoms with Crippen molar-refractivity contribution in [2.75, 3.05) is 24.3 Å². The van der Waals surface area contributed by atoms with E-state index in [1.54, 1.807) is 12.3 Å². The molecule has 27 heavy (non-hydrogen) atoms. The standard InChI is InChI=1S/C21H23N5O/c1-25(2)12-15-3-5-17(6-4-15)26-13-19-18(8-10-22-19)20(14-26)24-16-7-9-23-21(27)11-16/h3-11,14,22H,12-13H2,1-2H3,(H2,23,24,27). The maximum Gasteiger partial charge on any atom is 0.249 e. The van der Waals surface area contributed by atoms with Crippen LogP contribution in [0.15, 0.2) is 65.9 Å². The molecule has 3 heterocycles. The van der Waals surface area contributed by atoms with E-state index < -0.39 is 0 Å². The molecule has 6 nitrogen and oxygen atoms in total. The lowest BCUT2D eigenvalue weighted by atomic mass is 10.1. The second-order valence-corrected chi connectivity index (χ2v) is 7.01. The van der Waals surface area contributed by atoms with Crippen LogP contribution in [0.25, 0.3) is 5.70 Å². The smallest absolute Gasteiger partial charge is 0.249 e. The van der Waals surface area contributed by atoms with Crippen molar-refractivity contribution < 1.29 is 0 Å². The zero-order valence-electron chi connectivity index (χ0n) is 15.5. The fourth-order valence-corrected chi connectivity index (χ4v) is 3.33. The van der Waals surface area contributed by atoms with Gasteiger partial charge in [-0.15, -0.1) is 0 Å². The zero-order valence-corrected chi connectivity index (χ0v) is 15.5. The molecule has 1 aliphatic rings. The van der Waals surface area contributed by atoms with E-state index in [0.717, 1.165) is 41.4 Å². The molecule has 1 aliphatic heterocycles. The molecule has 0 unspecified atom stereocenters. The minimum Gasteiger partial charge on any atom is -0.363 e. The van der Waals surface area contributed by atoms with Crippen molar-refractivity contribution in [2.45, 2.75) is 13.1 Å². The third kappa shape index (κ3) is 3.80. The summed E-state index contributed by atoms with van der Waals surface area (Å²) in [5, 5.41) is 3.37. The van der Waals surface area contributed by atoms with E-state index in [1.165, 1.54) is 5.56 Å². The number of hydrogen-bond acceptors (Lipinski definition) is 4. The first-order chi connectivity index (χ1) is 13.1. The van der Waals surface area contributed by atoms with Crippen LogP contribution < -0.4 is 15.8 Å². The molecule has 0 amide bonds. The minimum atomic E-state index is -0.126. The van der Waals surface area contributed by atoms with E-state index in [9.17, 15) is 4.79 Å². The molecule has 0 bridgehead atoms. The van der Waals surface area contributed by atoms with Gasteiger partial charge in [-0.25, -0.2) is 0 Å². The molecule has 1 aromatic carbocycles. The topological polar surface area (TPSA) is 67.2 Å². The number of anilines is 2. The maximum atomic E-state index is 11.6. The lowest BCUT2D eigenvalue weighted by molar-refractivity contribution is 0.402. The minimum absolute atomic E-state index is 0.126. The van der Waals surface area contributed by atoms with Gasteiger partial charge in [-0.2, -0.15) is 0 Å². The average Bonchev–Trinajstić information content (AvgIpc) is 3.11. The molecule has 3 aromatic rings. The van der Waals surface area contributed by atoms with Crippen molar-refractivity contribution in [1.82, 2.24) is 14.9 Å². The highest BCUT2D eigenvalue weighted by atomic mass is 16.1. The van der Waals surface area contributed by atoms with Crippen LogP contribution in [-0.2, 0) is 13.1 Å². The highest BCUT2D eigenvalue weighted by Gasteiger charge is 2.19. The van der Waals surface area contributed by atoms with Gasteiger partial charge in [-0.1, -0.05) is 12.1 Å². The molecule has 0 saturated heterocycles. The van der Waals surface area contributed by atoms with Gasteiger partial charge in [-0.3, -0.25) is 4.79 Å². The van der Waals surface area contributed by atoms with Crippen LogP contribution in [0.2, 0.25) is 0 Å². The van der Waals surface area contributed by atoms with Crippen LogP contribution in [0.4, 0.5) is 11.4 Å². The number of nitrogens with one attached hydrogen (secondary N) is 3. The predicted octanol–water partition coefficient (Wildman–Crippen LogP) is 3.20. The molecule has 3 N–H and O–H groups in total. The molecule has 0 saturated carbocycles. The lowest BCUT2D eigenvalue weighted by Crippen LogP contribution is -2.23. The second-order valence-electron chi connectivity index (χ2n) is 7.01. The van der Waals surface area contributed by atoms with E-state index in [0.29, 0.717) is 0 Å². The van der Waals surface area contributed by atoms with E-state index in [2.05, 4.69) is 75.7 Å². The molecule has 0 spiro atoms. The Bertz CT molecular complexity index is 1010. The summed E-state index contributed by atoms with van der Waals surface area (Å²) in [7, 11) is 4.14. The van der Waals surface area contributed by atoms with Gasteiger partial charge in [-0.05, 0) is 43.9 Å². The quantitative estimate of drug-likeness (QED) is 0.653. The summed E-state index contributed by atoms with van der Waals surface area (Å²) < 4.78 is 0. The zero-order chi connectivity index (χ0) is 18.8. The molecular formula is C21H23N5O. The van der Waals surface area contributed by atoms with E-state index in [4.69, 9.17) is 0 Å². The molecule has 0 aliphatic carbocycles. The summed E-state index contributed by atoms with van der Waals surface area (Å²) in [6, 6.07) is 14.1. The summed E-state index contributed by atoms with van der Waals surface area (Å²) >= 11 is 0. The molecule has 0 atom stereocenters. The Balaban J connectivity index is 1.63. The Hall–Kier alpha value is -3.25. The van der Waals surface area contributed by atoms with E-state index >= 15 is 0 Å². The summed E-state index contributed by atoms with van der Waals surface area (Å²) in [5.74, 6) is 0. The van der Waals surface area contributed by atoms with Crippen molar-refractivity contribution >= 4 is 17.1 Å². The molecule has 138 valence electrons. The molecule has 0 radical (unpaired) electrons. The van der Waals surface area contributed by atoms with Crippen LogP contribution in [0.5, 0.6) is 0 Å². The van der Waals surface area contributed by atoms with Crippen molar-refractivity contribution in [2.24, 2.45) is 0 Å². The van der Waals surface area contributed by atoms with Gasteiger partial charge in [0.25, 0.3) is 0 Å². The molecule has 2 aromatic heterocycles. The highest BCUT2D eigenvalue weighted by molar-refractivity contribution is 5.81. The molecule has 4 rings (SSSR count). The van der Waals surface area contributed by atoms with Crippen molar-refractivity contribution in [3.8, 4) is 0 Å². The first-order valence-electron chi connectivity index (χ1n) is 8.93. The Labute approximate surface area is 158 Å². The number of hydrogen-bond donors (Lipinski definition) is 3. The highest BCUT2D eigenvalue weighted by Crippen LogP contribution is 2.30. The number of H-pyrrole nitrogens is 2. The Kier molecular flexibility index (Phi) is 4.56. The van der Waals surface area contributed by atoms with Gasteiger partial charge >= 0.3 is 0 Å². The van der Waals surface area contributed by atoms with Crippen LogP contribution in [0, 0.1) is 0 Å². The monoisotopic (exact) mass is 361 g/mol. The Morgan fingerprint density at radius 2 is 1.85 bits per heavy atom. The lowest BCUT2D eigenvalue weighted by Gasteiger charge is -2.28. The third-order valence-electron chi connectivity index (χ3n) is 4.56. The van der Waals surface area contributed by atoms with Crippen LogP contribution in [-0.4, -0.2) is 29.0 Å². The SMILES string of the molecule is CN(C)Cc1ccc(N2C=C(Nc3cc[nH]c(=O)c3)c3cc[nH]c3C2)cc1. The van der Waals surface area contributed by atoms with Gasteiger partial charge in [0.05, 0.1) is 12.2 Å².